The maximum Gasteiger partial charge on any atom is 0.117 e. The molecule has 0 spiro atoms. The summed E-state index contributed by atoms with van der Waals surface area (Å²) >= 11 is 0. The van der Waals surface area contributed by atoms with Gasteiger partial charge in [-0.25, -0.2) is 4.98 Å². The van der Waals surface area contributed by atoms with Gasteiger partial charge in [-0.05, 0) is 18.9 Å². The molecule has 3 rings (SSSR count). The normalized spacial score (nSPS) is 18.9. The van der Waals surface area contributed by atoms with Gasteiger partial charge in [0.15, 0.2) is 0 Å². The van der Waals surface area contributed by atoms with Crippen molar-refractivity contribution in [1.82, 2.24) is 14.5 Å². The van der Waals surface area contributed by atoms with Gasteiger partial charge in [0.2, 0.25) is 0 Å². The minimum absolute atomic E-state index is 0.0910. The molecule has 90 valence electrons. The molecule has 0 saturated heterocycles. The van der Waals surface area contributed by atoms with Crippen molar-refractivity contribution in [3.8, 4) is 0 Å². The number of rotatable bonds is 2. The molecule has 0 radical (unpaired) electrons. The quantitative estimate of drug-likeness (QED) is 0.855. The van der Waals surface area contributed by atoms with Gasteiger partial charge in [0.1, 0.15) is 5.82 Å². The summed E-state index contributed by atoms with van der Waals surface area (Å²) in [6.07, 6.45) is 8.52. The number of nitrogens with zero attached hydrogens (tertiary/aromatic N) is 3. The number of nitrogens with two attached hydrogens (primary N) is 1. The first-order valence-electron chi connectivity index (χ1n) is 6.24. The molecule has 1 saturated carbocycles. The van der Waals surface area contributed by atoms with E-state index in [0.29, 0.717) is 6.54 Å². The molecule has 0 unspecified atom stereocenters. The van der Waals surface area contributed by atoms with E-state index in [1.807, 2.05) is 12.3 Å². The average Bonchev–Trinajstić information content (AvgIpc) is 2.96. The molecular formula is C13H18N4. The number of aryl methyl sites for hydroxylation is 1. The molecule has 4 nitrogen and oxygen atoms in total. The first kappa shape index (κ1) is 10.7. The second-order valence-electron chi connectivity index (χ2n) is 5.05. The molecule has 0 atom stereocenters. The maximum atomic E-state index is 6.02. The van der Waals surface area contributed by atoms with Crippen molar-refractivity contribution in [2.45, 2.75) is 31.1 Å². The van der Waals surface area contributed by atoms with Crippen molar-refractivity contribution in [2.24, 2.45) is 12.8 Å². The van der Waals surface area contributed by atoms with Gasteiger partial charge in [0, 0.05) is 25.2 Å². The van der Waals surface area contributed by atoms with Gasteiger partial charge in [-0.1, -0.05) is 12.8 Å². The van der Waals surface area contributed by atoms with E-state index in [1.165, 1.54) is 12.8 Å². The number of aromatic nitrogens is 3. The zero-order valence-corrected chi connectivity index (χ0v) is 10.2. The van der Waals surface area contributed by atoms with Gasteiger partial charge >= 0.3 is 0 Å². The Balaban J connectivity index is 2.19. The van der Waals surface area contributed by atoms with E-state index in [4.69, 9.17) is 10.7 Å². The van der Waals surface area contributed by atoms with Gasteiger partial charge in [-0.2, -0.15) is 0 Å². The van der Waals surface area contributed by atoms with Gasteiger partial charge in [-0.15, -0.1) is 0 Å². The number of pyridine rings is 1. The van der Waals surface area contributed by atoms with E-state index in [2.05, 4.69) is 16.6 Å². The number of fused-ring (bicyclic) bond motifs is 1. The SMILES string of the molecule is Cn1c(C2(CN)CCCC2)nc2ccncc21. The zero-order valence-electron chi connectivity index (χ0n) is 10.2. The Morgan fingerprint density at radius 1 is 1.41 bits per heavy atom. The maximum absolute atomic E-state index is 6.02. The van der Waals surface area contributed by atoms with Crippen LogP contribution < -0.4 is 5.73 Å². The Labute approximate surface area is 101 Å². The van der Waals surface area contributed by atoms with E-state index < -0.39 is 0 Å². The zero-order chi connectivity index (χ0) is 11.9. The van der Waals surface area contributed by atoms with E-state index >= 15 is 0 Å². The third-order valence-corrected chi connectivity index (χ3v) is 4.11. The summed E-state index contributed by atoms with van der Waals surface area (Å²) in [5, 5.41) is 0. The third-order valence-electron chi connectivity index (χ3n) is 4.11. The molecule has 0 amide bonds. The highest BCUT2D eigenvalue weighted by Crippen LogP contribution is 2.40. The van der Waals surface area contributed by atoms with Gasteiger partial charge in [0.25, 0.3) is 0 Å². The minimum Gasteiger partial charge on any atom is -0.329 e. The molecule has 17 heavy (non-hydrogen) atoms. The lowest BCUT2D eigenvalue weighted by Crippen LogP contribution is -2.34. The highest BCUT2D eigenvalue weighted by Gasteiger charge is 2.38. The van der Waals surface area contributed by atoms with Crippen LogP contribution in [-0.4, -0.2) is 21.1 Å². The van der Waals surface area contributed by atoms with E-state index in [1.54, 1.807) is 6.20 Å². The molecule has 2 aromatic heterocycles. The number of hydrogen-bond donors (Lipinski definition) is 1. The minimum atomic E-state index is 0.0910. The van der Waals surface area contributed by atoms with Gasteiger partial charge < -0.3 is 10.3 Å². The van der Waals surface area contributed by atoms with E-state index in [9.17, 15) is 0 Å². The van der Waals surface area contributed by atoms with Crippen LogP contribution >= 0.6 is 0 Å². The van der Waals surface area contributed by atoms with Crippen LogP contribution in [0.4, 0.5) is 0 Å². The fourth-order valence-corrected chi connectivity index (χ4v) is 3.08. The Bertz CT molecular complexity index is 537. The number of imidazole rings is 1. The van der Waals surface area contributed by atoms with E-state index in [-0.39, 0.29) is 5.41 Å². The third kappa shape index (κ3) is 1.47. The molecule has 0 aliphatic heterocycles. The van der Waals surface area contributed by atoms with Crippen LogP contribution in [0.2, 0.25) is 0 Å². The first-order valence-corrected chi connectivity index (χ1v) is 6.24. The van der Waals surface area contributed by atoms with Crippen molar-refractivity contribution in [1.29, 1.82) is 0 Å². The van der Waals surface area contributed by atoms with Crippen molar-refractivity contribution in [3.05, 3.63) is 24.3 Å². The molecule has 4 heteroatoms. The second-order valence-corrected chi connectivity index (χ2v) is 5.05. The summed E-state index contributed by atoms with van der Waals surface area (Å²) in [6, 6.07) is 1.97. The van der Waals surface area contributed by atoms with Crippen molar-refractivity contribution >= 4 is 11.0 Å². The van der Waals surface area contributed by atoms with Crippen LogP contribution in [0.3, 0.4) is 0 Å². The molecule has 1 aliphatic rings. The van der Waals surface area contributed by atoms with Crippen LogP contribution in [0.1, 0.15) is 31.5 Å². The summed E-state index contributed by atoms with van der Waals surface area (Å²) in [4.78, 5) is 8.95. The lowest BCUT2D eigenvalue weighted by Gasteiger charge is -2.26. The summed E-state index contributed by atoms with van der Waals surface area (Å²) in [7, 11) is 2.07. The molecule has 1 fully saturated rings. The fourth-order valence-electron chi connectivity index (χ4n) is 3.08. The topological polar surface area (TPSA) is 56.7 Å². The molecule has 1 aliphatic carbocycles. The van der Waals surface area contributed by atoms with Gasteiger partial charge in [-0.3, -0.25) is 4.98 Å². The molecule has 2 aromatic rings. The van der Waals surface area contributed by atoms with Crippen LogP contribution in [0.5, 0.6) is 0 Å². The summed E-state index contributed by atoms with van der Waals surface area (Å²) in [5.41, 5.74) is 8.24. The second kappa shape index (κ2) is 3.81. The molecule has 2 N–H and O–H groups in total. The predicted molar refractivity (Wildman–Crippen MR) is 67.7 cm³/mol. The highest BCUT2D eigenvalue weighted by atomic mass is 15.1. The molecule has 2 heterocycles. The van der Waals surface area contributed by atoms with E-state index in [0.717, 1.165) is 29.7 Å². The smallest absolute Gasteiger partial charge is 0.117 e. The van der Waals surface area contributed by atoms with Crippen LogP contribution in [0.25, 0.3) is 11.0 Å². The Kier molecular flexibility index (Phi) is 2.40. The van der Waals surface area contributed by atoms with Crippen molar-refractivity contribution < 1.29 is 0 Å². The molecular weight excluding hydrogens is 212 g/mol. The number of hydrogen-bond acceptors (Lipinski definition) is 3. The predicted octanol–water partition coefficient (Wildman–Crippen LogP) is 1.74. The summed E-state index contributed by atoms with van der Waals surface area (Å²) < 4.78 is 2.17. The lowest BCUT2D eigenvalue weighted by atomic mass is 9.85. The Morgan fingerprint density at radius 3 is 2.82 bits per heavy atom. The Morgan fingerprint density at radius 2 is 2.18 bits per heavy atom. The standard InChI is InChI=1S/C13H18N4/c1-17-11-8-15-7-4-10(11)16-12(17)13(9-14)5-2-3-6-13/h4,7-8H,2-3,5-6,9,14H2,1H3. The van der Waals surface area contributed by atoms with Crippen molar-refractivity contribution in [3.63, 3.8) is 0 Å². The summed E-state index contributed by atoms with van der Waals surface area (Å²) in [5.74, 6) is 1.14. The van der Waals surface area contributed by atoms with Crippen LogP contribution in [0.15, 0.2) is 18.5 Å². The monoisotopic (exact) mass is 230 g/mol. The molecule has 0 bridgehead atoms. The highest BCUT2D eigenvalue weighted by molar-refractivity contribution is 5.74. The Hall–Kier alpha value is -1.42. The van der Waals surface area contributed by atoms with Crippen LogP contribution in [0, 0.1) is 0 Å². The lowest BCUT2D eigenvalue weighted by molar-refractivity contribution is 0.414. The average molecular weight is 230 g/mol. The fraction of sp³-hybridized carbons (Fsp3) is 0.538. The largest absolute Gasteiger partial charge is 0.329 e. The van der Waals surface area contributed by atoms with Gasteiger partial charge in [0.05, 0.1) is 17.2 Å². The first-order chi connectivity index (χ1) is 8.27. The summed E-state index contributed by atoms with van der Waals surface area (Å²) in [6.45, 7) is 0.692. The van der Waals surface area contributed by atoms with Crippen molar-refractivity contribution in [2.75, 3.05) is 6.54 Å². The molecule has 0 aromatic carbocycles. The van der Waals surface area contributed by atoms with Crippen LogP contribution in [-0.2, 0) is 12.5 Å².